The summed E-state index contributed by atoms with van der Waals surface area (Å²) in [6.07, 6.45) is 2.96. The standard InChI is InChI=1S/C16H11Cl3N2OS/c17-11-7-12(18)9-13(8-11)20-16(23)21-15(22)6-5-10-3-1-2-4-14(10)19/h1-9H,(H2,20,21,22,23). The van der Waals surface area contributed by atoms with Crippen molar-refractivity contribution in [2.75, 3.05) is 5.32 Å². The third-order valence-corrected chi connectivity index (χ3v) is 3.66. The molecule has 0 heterocycles. The number of halogens is 3. The molecule has 0 aliphatic carbocycles. The van der Waals surface area contributed by atoms with Gasteiger partial charge >= 0.3 is 0 Å². The van der Waals surface area contributed by atoms with Gasteiger partial charge in [0.15, 0.2) is 5.11 Å². The third-order valence-electron chi connectivity index (χ3n) is 2.68. The van der Waals surface area contributed by atoms with Gasteiger partial charge in [-0.1, -0.05) is 53.0 Å². The quantitative estimate of drug-likeness (QED) is 0.565. The van der Waals surface area contributed by atoms with E-state index in [4.69, 9.17) is 47.0 Å². The van der Waals surface area contributed by atoms with Crippen LogP contribution in [-0.2, 0) is 4.79 Å². The fraction of sp³-hybridized carbons (Fsp3) is 0. The Bertz CT molecular complexity index is 757. The predicted octanol–water partition coefficient (Wildman–Crippen LogP) is 5.17. The van der Waals surface area contributed by atoms with Crippen LogP contribution in [-0.4, -0.2) is 11.0 Å². The van der Waals surface area contributed by atoms with Gasteiger partial charge in [-0.3, -0.25) is 10.1 Å². The molecule has 7 heteroatoms. The number of carbonyl (C=O) groups is 1. The highest BCUT2D eigenvalue weighted by Gasteiger charge is 2.04. The molecule has 23 heavy (non-hydrogen) atoms. The van der Waals surface area contributed by atoms with E-state index in [2.05, 4.69) is 10.6 Å². The second-order valence-electron chi connectivity index (χ2n) is 4.46. The van der Waals surface area contributed by atoms with Gasteiger partial charge in [0.2, 0.25) is 5.91 Å². The molecule has 2 N–H and O–H groups in total. The predicted molar refractivity (Wildman–Crippen MR) is 101 cm³/mol. The van der Waals surface area contributed by atoms with Crippen LogP contribution in [0.25, 0.3) is 6.08 Å². The van der Waals surface area contributed by atoms with Gasteiger partial charge in [0, 0.05) is 26.8 Å². The van der Waals surface area contributed by atoms with Crippen LogP contribution in [0, 0.1) is 0 Å². The first-order valence-electron chi connectivity index (χ1n) is 6.45. The average molecular weight is 386 g/mol. The van der Waals surface area contributed by atoms with Crippen LogP contribution >= 0.6 is 47.0 Å². The highest BCUT2D eigenvalue weighted by Crippen LogP contribution is 2.22. The van der Waals surface area contributed by atoms with E-state index in [1.165, 1.54) is 6.08 Å². The third kappa shape index (κ3) is 5.84. The molecular formula is C16H11Cl3N2OS. The van der Waals surface area contributed by atoms with Crippen molar-refractivity contribution in [1.29, 1.82) is 0 Å². The Morgan fingerprint density at radius 1 is 1.04 bits per heavy atom. The minimum absolute atomic E-state index is 0.136. The monoisotopic (exact) mass is 384 g/mol. The molecule has 0 radical (unpaired) electrons. The van der Waals surface area contributed by atoms with Gasteiger partial charge in [-0.25, -0.2) is 0 Å². The molecular weight excluding hydrogens is 375 g/mol. The molecule has 3 nitrogen and oxygen atoms in total. The zero-order valence-corrected chi connectivity index (χ0v) is 14.7. The molecule has 118 valence electrons. The second kappa shape index (κ2) is 8.31. The maximum Gasteiger partial charge on any atom is 0.250 e. The Morgan fingerprint density at radius 3 is 2.35 bits per heavy atom. The molecule has 0 aliphatic rings. The summed E-state index contributed by atoms with van der Waals surface area (Å²) in [5.74, 6) is -0.379. The van der Waals surface area contributed by atoms with Crippen LogP contribution in [0.15, 0.2) is 48.5 Å². The summed E-state index contributed by atoms with van der Waals surface area (Å²) < 4.78 is 0. The molecule has 0 saturated heterocycles. The van der Waals surface area contributed by atoms with E-state index in [0.717, 1.165) is 5.56 Å². The van der Waals surface area contributed by atoms with Gasteiger partial charge < -0.3 is 5.32 Å². The normalized spacial score (nSPS) is 10.6. The molecule has 0 aliphatic heterocycles. The van der Waals surface area contributed by atoms with Crippen molar-refractivity contribution in [2.24, 2.45) is 0 Å². The van der Waals surface area contributed by atoms with Crippen molar-refractivity contribution in [2.45, 2.75) is 0 Å². The number of benzene rings is 2. The number of anilines is 1. The fourth-order valence-corrected chi connectivity index (χ4v) is 2.66. The minimum Gasteiger partial charge on any atom is -0.332 e. The Labute approximate surface area is 154 Å². The Kier molecular flexibility index (Phi) is 6.42. The van der Waals surface area contributed by atoms with Crippen molar-refractivity contribution in [3.8, 4) is 0 Å². The molecule has 2 aromatic carbocycles. The minimum atomic E-state index is -0.379. The van der Waals surface area contributed by atoms with Crippen molar-refractivity contribution in [3.63, 3.8) is 0 Å². The summed E-state index contributed by atoms with van der Waals surface area (Å²) in [6, 6.07) is 12.1. The smallest absolute Gasteiger partial charge is 0.250 e. The topological polar surface area (TPSA) is 41.1 Å². The van der Waals surface area contributed by atoms with Crippen LogP contribution in [0.3, 0.4) is 0 Å². The molecule has 0 aromatic heterocycles. The molecule has 2 rings (SSSR count). The molecule has 2 aromatic rings. The SMILES string of the molecule is O=C(C=Cc1ccccc1Cl)NC(=S)Nc1cc(Cl)cc(Cl)c1. The lowest BCUT2D eigenvalue weighted by molar-refractivity contribution is -0.115. The van der Waals surface area contributed by atoms with Crippen molar-refractivity contribution < 1.29 is 4.79 Å². The van der Waals surface area contributed by atoms with E-state index in [9.17, 15) is 4.79 Å². The van der Waals surface area contributed by atoms with Crippen LogP contribution in [0.4, 0.5) is 5.69 Å². The molecule has 0 unspecified atom stereocenters. The molecule has 0 saturated carbocycles. The van der Waals surface area contributed by atoms with E-state index in [1.54, 1.807) is 36.4 Å². The number of carbonyl (C=O) groups excluding carboxylic acids is 1. The van der Waals surface area contributed by atoms with Gasteiger partial charge in [-0.2, -0.15) is 0 Å². The van der Waals surface area contributed by atoms with Gasteiger partial charge in [-0.05, 0) is 48.1 Å². The summed E-state index contributed by atoms with van der Waals surface area (Å²) >= 11 is 22.9. The Morgan fingerprint density at radius 2 is 1.70 bits per heavy atom. The molecule has 0 fully saturated rings. The first kappa shape index (κ1) is 17.8. The first-order chi connectivity index (χ1) is 10.9. The van der Waals surface area contributed by atoms with E-state index < -0.39 is 0 Å². The number of nitrogens with one attached hydrogen (secondary N) is 2. The Balaban J connectivity index is 1.95. The maximum atomic E-state index is 11.8. The first-order valence-corrected chi connectivity index (χ1v) is 7.99. The number of rotatable bonds is 3. The highest BCUT2D eigenvalue weighted by molar-refractivity contribution is 7.80. The van der Waals surface area contributed by atoms with Crippen molar-refractivity contribution in [3.05, 3.63) is 69.2 Å². The van der Waals surface area contributed by atoms with Gasteiger partial charge in [0.25, 0.3) is 0 Å². The fourth-order valence-electron chi connectivity index (χ4n) is 1.72. The number of hydrogen-bond donors (Lipinski definition) is 2. The van der Waals surface area contributed by atoms with Crippen LogP contribution in [0.5, 0.6) is 0 Å². The van der Waals surface area contributed by atoms with Crippen molar-refractivity contribution >= 4 is 69.8 Å². The number of thiocarbonyl (C=S) groups is 1. The summed E-state index contributed by atoms with van der Waals surface area (Å²) in [5, 5.41) is 6.99. The summed E-state index contributed by atoms with van der Waals surface area (Å²) in [5.41, 5.74) is 1.33. The maximum absolute atomic E-state index is 11.8. The second-order valence-corrected chi connectivity index (χ2v) is 6.14. The van der Waals surface area contributed by atoms with Crippen LogP contribution in [0.1, 0.15) is 5.56 Å². The Hall–Kier alpha value is -1.59. The van der Waals surface area contributed by atoms with Gasteiger partial charge in [0.05, 0.1) is 0 Å². The summed E-state index contributed by atoms with van der Waals surface area (Å²) in [4.78, 5) is 11.8. The average Bonchev–Trinajstić information content (AvgIpc) is 2.45. The van der Waals surface area contributed by atoms with E-state index >= 15 is 0 Å². The summed E-state index contributed by atoms with van der Waals surface area (Å²) in [6.45, 7) is 0. The van der Waals surface area contributed by atoms with Crippen LogP contribution < -0.4 is 10.6 Å². The highest BCUT2D eigenvalue weighted by atomic mass is 35.5. The molecule has 0 spiro atoms. The lowest BCUT2D eigenvalue weighted by atomic mass is 10.2. The largest absolute Gasteiger partial charge is 0.332 e. The lowest BCUT2D eigenvalue weighted by Crippen LogP contribution is -2.32. The van der Waals surface area contributed by atoms with E-state index in [0.29, 0.717) is 20.8 Å². The molecule has 1 amide bonds. The zero-order chi connectivity index (χ0) is 16.8. The van der Waals surface area contributed by atoms with Gasteiger partial charge in [-0.15, -0.1) is 0 Å². The summed E-state index contributed by atoms with van der Waals surface area (Å²) in [7, 11) is 0. The number of hydrogen-bond acceptors (Lipinski definition) is 2. The van der Waals surface area contributed by atoms with E-state index in [1.807, 2.05) is 12.1 Å². The molecule has 0 atom stereocenters. The van der Waals surface area contributed by atoms with E-state index in [-0.39, 0.29) is 11.0 Å². The number of amides is 1. The lowest BCUT2D eigenvalue weighted by Gasteiger charge is -2.09. The van der Waals surface area contributed by atoms with Crippen LogP contribution in [0.2, 0.25) is 15.1 Å². The molecule has 0 bridgehead atoms. The van der Waals surface area contributed by atoms with Gasteiger partial charge in [0.1, 0.15) is 0 Å². The zero-order valence-electron chi connectivity index (χ0n) is 11.6. The van der Waals surface area contributed by atoms with Crippen molar-refractivity contribution in [1.82, 2.24) is 5.32 Å².